The molecule has 4 heteroatoms. The topological polar surface area (TPSA) is 38.5 Å². The molecular weight excluding hydrogens is 207 g/mol. The Bertz CT molecular complexity index is 381. The molecule has 0 spiro atoms. The maximum atomic E-state index is 13.2. The van der Waals surface area contributed by atoms with Crippen molar-refractivity contribution in [1.82, 2.24) is 0 Å². The van der Waals surface area contributed by atoms with Gasteiger partial charge in [0.25, 0.3) is 0 Å². The van der Waals surface area contributed by atoms with Crippen molar-refractivity contribution in [3.05, 3.63) is 29.6 Å². The zero-order chi connectivity index (χ0) is 11.7. The van der Waals surface area contributed by atoms with Gasteiger partial charge in [0.05, 0.1) is 6.61 Å². The second kappa shape index (κ2) is 4.39. The molecule has 1 aromatic rings. The second-order valence-electron chi connectivity index (χ2n) is 4.48. The molecule has 16 heavy (non-hydrogen) atoms. The summed E-state index contributed by atoms with van der Waals surface area (Å²) < 4.78 is 13.2. The molecule has 0 saturated carbocycles. The van der Waals surface area contributed by atoms with Crippen LogP contribution in [0.25, 0.3) is 0 Å². The van der Waals surface area contributed by atoms with Gasteiger partial charge in [0, 0.05) is 24.2 Å². The minimum atomic E-state index is -0.202. The predicted octanol–water partition coefficient (Wildman–Crippen LogP) is 2.03. The predicted molar refractivity (Wildman–Crippen MR) is 61.8 cm³/mol. The number of hydrogen-bond donors (Lipinski definition) is 1. The highest BCUT2D eigenvalue weighted by Gasteiger charge is 2.30. The quantitative estimate of drug-likeness (QED) is 0.798. The molecule has 0 amide bonds. The van der Waals surface area contributed by atoms with E-state index in [0.29, 0.717) is 12.6 Å². The van der Waals surface area contributed by atoms with Gasteiger partial charge in [0.1, 0.15) is 5.82 Å². The van der Waals surface area contributed by atoms with Crippen LogP contribution in [0.1, 0.15) is 25.3 Å². The van der Waals surface area contributed by atoms with Gasteiger partial charge < -0.3 is 9.74 Å². The standard InChI is InChI=1S/C12H17FN2O/c1-8(2)15-6-9(7-16-14)11-5-10(13)3-4-12(11)15/h3-5,8-9H,6-7,14H2,1-2H3. The van der Waals surface area contributed by atoms with Crippen molar-refractivity contribution in [2.45, 2.75) is 25.8 Å². The van der Waals surface area contributed by atoms with E-state index in [2.05, 4.69) is 18.7 Å². The Balaban J connectivity index is 2.36. The number of benzene rings is 1. The summed E-state index contributed by atoms with van der Waals surface area (Å²) >= 11 is 0. The van der Waals surface area contributed by atoms with Crippen LogP contribution in [0.2, 0.25) is 0 Å². The Labute approximate surface area is 94.9 Å². The number of hydrogen-bond acceptors (Lipinski definition) is 3. The van der Waals surface area contributed by atoms with Crippen molar-refractivity contribution in [2.75, 3.05) is 18.1 Å². The number of nitrogens with zero attached hydrogens (tertiary/aromatic N) is 1. The number of rotatable bonds is 3. The average Bonchev–Trinajstić information content (AvgIpc) is 2.58. The van der Waals surface area contributed by atoms with Gasteiger partial charge in [-0.2, -0.15) is 0 Å². The lowest BCUT2D eigenvalue weighted by Gasteiger charge is -2.24. The van der Waals surface area contributed by atoms with Gasteiger partial charge in [-0.3, -0.25) is 0 Å². The van der Waals surface area contributed by atoms with Crippen molar-refractivity contribution >= 4 is 5.69 Å². The van der Waals surface area contributed by atoms with E-state index in [1.54, 1.807) is 6.07 Å². The van der Waals surface area contributed by atoms with E-state index in [0.717, 1.165) is 17.8 Å². The highest BCUT2D eigenvalue weighted by molar-refractivity contribution is 5.61. The summed E-state index contributed by atoms with van der Waals surface area (Å²) in [5.41, 5.74) is 2.10. The molecule has 2 N–H and O–H groups in total. The van der Waals surface area contributed by atoms with Crippen molar-refractivity contribution in [1.29, 1.82) is 0 Å². The SMILES string of the molecule is CC(C)N1CC(CON)c2cc(F)ccc21. The Morgan fingerprint density at radius 3 is 2.94 bits per heavy atom. The largest absolute Gasteiger partial charge is 0.368 e. The summed E-state index contributed by atoms with van der Waals surface area (Å²) in [7, 11) is 0. The highest BCUT2D eigenvalue weighted by atomic mass is 19.1. The third-order valence-corrected chi connectivity index (χ3v) is 3.08. The zero-order valence-electron chi connectivity index (χ0n) is 9.61. The molecule has 0 saturated heterocycles. The lowest BCUT2D eigenvalue weighted by atomic mass is 10.0. The molecule has 0 aromatic heterocycles. The molecule has 0 fully saturated rings. The monoisotopic (exact) mass is 224 g/mol. The number of nitrogens with two attached hydrogens (primary N) is 1. The summed E-state index contributed by atoms with van der Waals surface area (Å²) in [6.45, 7) is 5.52. The van der Waals surface area contributed by atoms with Crippen molar-refractivity contribution in [2.24, 2.45) is 5.90 Å². The first-order valence-electron chi connectivity index (χ1n) is 5.51. The molecule has 0 radical (unpaired) electrons. The molecule has 1 aromatic carbocycles. The minimum Gasteiger partial charge on any atom is -0.368 e. The van der Waals surface area contributed by atoms with Crippen molar-refractivity contribution < 1.29 is 9.23 Å². The van der Waals surface area contributed by atoms with E-state index >= 15 is 0 Å². The Morgan fingerprint density at radius 1 is 1.56 bits per heavy atom. The number of fused-ring (bicyclic) bond motifs is 1. The maximum absolute atomic E-state index is 13.2. The van der Waals surface area contributed by atoms with E-state index in [1.807, 2.05) is 6.07 Å². The maximum Gasteiger partial charge on any atom is 0.123 e. The summed E-state index contributed by atoms with van der Waals surface area (Å²) in [6.07, 6.45) is 0. The summed E-state index contributed by atoms with van der Waals surface area (Å²) in [5.74, 6) is 5.08. The number of anilines is 1. The molecule has 0 bridgehead atoms. The normalized spacial score (nSPS) is 19.3. The van der Waals surface area contributed by atoms with E-state index in [-0.39, 0.29) is 11.7 Å². The van der Waals surface area contributed by atoms with E-state index in [1.165, 1.54) is 6.07 Å². The van der Waals surface area contributed by atoms with Crippen LogP contribution in [0.15, 0.2) is 18.2 Å². The Morgan fingerprint density at radius 2 is 2.31 bits per heavy atom. The van der Waals surface area contributed by atoms with E-state index in [9.17, 15) is 4.39 Å². The fourth-order valence-corrected chi connectivity index (χ4v) is 2.30. The molecular formula is C12H17FN2O. The third-order valence-electron chi connectivity index (χ3n) is 3.08. The van der Waals surface area contributed by atoms with Crippen molar-refractivity contribution in [3.8, 4) is 0 Å². The average molecular weight is 224 g/mol. The third kappa shape index (κ3) is 1.90. The molecule has 1 aliphatic heterocycles. The highest BCUT2D eigenvalue weighted by Crippen LogP contribution is 2.37. The van der Waals surface area contributed by atoms with Gasteiger partial charge in [-0.15, -0.1) is 0 Å². The fourth-order valence-electron chi connectivity index (χ4n) is 2.30. The van der Waals surface area contributed by atoms with Gasteiger partial charge in [0.15, 0.2) is 0 Å². The fraction of sp³-hybridized carbons (Fsp3) is 0.500. The summed E-state index contributed by atoms with van der Waals surface area (Å²) in [6, 6.07) is 5.31. The van der Waals surface area contributed by atoms with Crippen molar-refractivity contribution in [3.63, 3.8) is 0 Å². The molecule has 2 rings (SSSR count). The molecule has 88 valence electrons. The second-order valence-corrected chi connectivity index (χ2v) is 4.48. The zero-order valence-corrected chi connectivity index (χ0v) is 9.61. The van der Waals surface area contributed by atoms with Crippen LogP contribution < -0.4 is 10.8 Å². The molecule has 1 heterocycles. The van der Waals surface area contributed by atoms with Crippen LogP contribution in [0.4, 0.5) is 10.1 Å². The van der Waals surface area contributed by atoms with Crippen LogP contribution in [0, 0.1) is 5.82 Å². The summed E-state index contributed by atoms with van der Waals surface area (Å²) in [4.78, 5) is 6.95. The molecule has 1 unspecified atom stereocenters. The molecule has 3 nitrogen and oxygen atoms in total. The van der Waals surface area contributed by atoms with Gasteiger partial charge in [-0.25, -0.2) is 10.3 Å². The first kappa shape index (κ1) is 11.4. The van der Waals surface area contributed by atoms with Gasteiger partial charge in [-0.1, -0.05) is 0 Å². The first-order chi connectivity index (χ1) is 7.63. The molecule has 1 aliphatic rings. The van der Waals surface area contributed by atoms with Crippen LogP contribution in [-0.2, 0) is 4.84 Å². The van der Waals surface area contributed by atoms with Crippen LogP contribution in [-0.4, -0.2) is 19.2 Å². The number of halogens is 1. The van der Waals surface area contributed by atoms with Gasteiger partial charge in [0.2, 0.25) is 0 Å². The minimum absolute atomic E-state index is 0.165. The lowest BCUT2D eigenvalue weighted by molar-refractivity contribution is 0.125. The van der Waals surface area contributed by atoms with E-state index < -0.39 is 0 Å². The van der Waals surface area contributed by atoms with Crippen LogP contribution >= 0.6 is 0 Å². The van der Waals surface area contributed by atoms with Crippen LogP contribution in [0.5, 0.6) is 0 Å². The Kier molecular flexibility index (Phi) is 3.12. The van der Waals surface area contributed by atoms with E-state index in [4.69, 9.17) is 10.7 Å². The summed E-state index contributed by atoms with van der Waals surface area (Å²) in [5, 5.41) is 0. The van der Waals surface area contributed by atoms with Crippen LogP contribution in [0.3, 0.4) is 0 Å². The smallest absolute Gasteiger partial charge is 0.123 e. The van der Waals surface area contributed by atoms with Gasteiger partial charge in [-0.05, 0) is 37.6 Å². The molecule has 1 atom stereocenters. The lowest BCUT2D eigenvalue weighted by Crippen LogP contribution is -2.30. The Hall–Kier alpha value is -1.13. The first-order valence-corrected chi connectivity index (χ1v) is 5.51. The molecule has 0 aliphatic carbocycles. The van der Waals surface area contributed by atoms with Gasteiger partial charge >= 0.3 is 0 Å².